The Morgan fingerprint density at radius 2 is 2.54 bits per heavy atom. The maximum Gasteiger partial charge on any atom is 0.404 e. The summed E-state index contributed by atoms with van der Waals surface area (Å²) >= 11 is 1.21. The summed E-state index contributed by atoms with van der Waals surface area (Å²) in [6.45, 7) is 2.84. The highest BCUT2D eigenvalue weighted by Gasteiger charge is 2.28. The van der Waals surface area contributed by atoms with Crippen LogP contribution in [0.5, 0.6) is 0 Å². The zero-order chi connectivity index (χ0) is 9.90. The first-order valence-corrected chi connectivity index (χ1v) is 4.41. The maximum atomic E-state index is 13.6. The summed E-state index contributed by atoms with van der Waals surface area (Å²) in [5, 5.41) is 1.72. The monoisotopic (exact) mass is 202 g/mol. The number of carbonyl (C=O) groups excluding carboxylic acids is 1. The number of nitrogens with two attached hydrogens (primary N) is 1. The fourth-order valence-corrected chi connectivity index (χ4v) is 1.52. The molecule has 3 nitrogen and oxygen atoms in total. The quantitative estimate of drug-likeness (QED) is 0.813. The second kappa shape index (κ2) is 3.74. The molecule has 0 spiro atoms. The Bertz CT molecular complexity index is 284. The third kappa shape index (κ3) is 2.69. The van der Waals surface area contributed by atoms with Crippen molar-refractivity contribution in [2.24, 2.45) is 5.73 Å². The lowest BCUT2D eigenvalue weighted by Gasteiger charge is -2.17. The van der Waals surface area contributed by atoms with Crippen LogP contribution in [0.3, 0.4) is 0 Å². The Morgan fingerprint density at radius 1 is 1.85 bits per heavy atom. The van der Waals surface area contributed by atoms with E-state index < -0.39 is 18.4 Å². The molecule has 1 atom stereocenters. The van der Waals surface area contributed by atoms with Gasteiger partial charge in [-0.15, -0.1) is 11.3 Å². The van der Waals surface area contributed by atoms with Crippen molar-refractivity contribution < 1.29 is 13.9 Å². The van der Waals surface area contributed by atoms with Crippen LogP contribution in [0.2, 0.25) is 0 Å². The molecule has 1 amide bonds. The number of rotatable bonds is 3. The summed E-state index contributed by atoms with van der Waals surface area (Å²) in [6.07, 6.45) is -0.998. The van der Waals surface area contributed by atoms with E-state index in [0.717, 1.165) is 0 Å². The molecule has 0 saturated carbocycles. The molecule has 0 saturated heterocycles. The predicted molar refractivity (Wildman–Crippen MR) is 48.0 cm³/mol. The molecule has 71 valence electrons. The van der Waals surface area contributed by atoms with Crippen LogP contribution in [0.4, 0.5) is 9.18 Å². The van der Waals surface area contributed by atoms with Crippen molar-refractivity contribution in [1.82, 2.24) is 0 Å². The smallest absolute Gasteiger partial charge is 0.404 e. The number of primary amides is 1. The maximum absolute atomic E-state index is 13.6. The number of amides is 1. The molecule has 1 radical (unpaired) electrons. The van der Waals surface area contributed by atoms with Crippen LogP contribution in [0.25, 0.3) is 0 Å². The second-order valence-corrected chi connectivity index (χ2v) is 3.50. The number of hydrogen-bond acceptors (Lipinski definition) is 3. The van der Waals surface area contributed by atoms with Gasteiger partial charge in [0.25, 0.3) is 0 Å². The topological polar surface area (TPSA) is 52.3 Å². The number of halogens is 1. The van der Waals surface area contributed by atoms with Crippen LogP contribution < -0.4 is 5.73 Å². The molecule has 0 aliphatic heterocycles. The minimum atomic E-state index is -1.90. The van der Waals surface area contributed by atoms with Gasteiger partial charge in [-0.05, 0) is 18.4 Å². The molecule has 5 heteroatoms. The molecule has 2 N–H and O–H groups in total. The third-order valence-corrected chi connectivity index (χ3v) is 2.46. The highest BCUT2D eigenvalue weighted by molar-refractivity contribution is 7.10. The first-order chi connectivity index (χ1) is 6.02. The van der Waals surface area contributed by atoms with Crippen molar-refractivity contribution in [3.8, 4) is 0 Å². The van der Waals surface area contributed by atoms with Crippen LogP contribution in [-0.4, -0.2) is 12.7 Å². The van der Waals surface area contributed by atoms with Crippen LogP contribution in [0, 0.1) is 6.92 Å². The lowest BCUT2D eigenvalue weighted by molar-refractivity contribution is 0.0826. The van der Waals surface area contributed by atoms with E-state index in [1.165, 1.54) is 11.3 Å². The van der Waals surface area contributed by atoms with E-state index in [2.05, 4.69) is 11.7 Å². The van der Waals surface area contributed by atoms with Gasteiger partial charge in [-0.25, -0.2) is 9.18 Å². The Kier molecular flexibility index (Phi) is 2.87. The van der Waals surface area contributed by atoms with Crippen LogP contribution in [0.15, 0.2) is 17.5 Å². The van der Waals surface area contributed by atoms with Crippen molar-refractivity contribution >= 4 is 17.4 Å². The molecule has 1 aromatic heterocycles. The minimum Gasteiger partial charge on any atom is -0.446 e. The van der Waals surface area contributed by atoms with Gasteiger partial charge < -0.3 is 10.5 Å². The highest BCUT2D eigenvalue weighted by Crippen LogP contribution is 2.29. The molecule has 0 aliphatic rings. The number of alkyl halides is 1. The van der Waals surface area contributed by atoms with Gasteiger partial charge in [-0.2, -0.15) is 0 Å². The Morgan fingerprint density at radius 3 is 3.00 bits per heavy atom. The van der Waals surface area contributed by atoms with E-state index in [9.17, 15) is 9.18 Å². The molecule has 1 heterocycles. The van der Waals surface area contributed by atoms with Crippen LogP contribution in [-0.2, 0) is 10.4 Å². The Labute approximate surface area is 79.3 Å². The fraction of sp³-hybridized carbons (Fsp3) is 0.250. The van der Waals surface area contributed by atoms with Crippen LogP contribution >= 0.6 is 11.3 Å². The van der Waals surface area contributed by atoms with Gasteiger partial charge in [0.05, 0.1) is 0 Å². The van der Waals surface area contributed by atoms with Crippen molar-refractivity contribution in [2.45, 2.75) is 5.67 Å². The first kappa shape index (κ1) is 9.98. The van der Waals surface area contributed by atoms with E-state index in [-0.39, 0.29) is 0 Å². The van der Waals surface area contributed by atoms with Crippen molar-refractivity contribution in [3.05, 3.63) is 29.3 Å². The van der Waals surface area contributed by atoms with Crippen molar-refractivity contribution in [1.29, 1.82) is 0 Å². The summed E-state index contributed by atoms with van der Waals surface area (Å²) in [5.41, 5.74) is 2.80. The normalized spacial score (nSPS) is 14.9. The number of carbonyl (C=O) groups is 1. The standard InChI is InChI=1S/C8H9FNO2S/c1-8(9,5-12-7(10)11)6-3-2-4-13-6/h2-4H,1,5H2,(H2,10,11). The van der Waals surface area contributed by atoms with Crippen molar-refractivity contribution in [2.75, 3.05) is 6.61 Å². The fourth-order valence-electron chi connectivity index (χ4n) is 0.790. The lowest BCUT2D eigenvalue weighted by Crippen LogP contribution is -2.26. The summed E-state index contributed by atoms with van der Waals surface area (Å²) in [4.78, 5) is 10.6. The molecule has 0 aliphatic carbocycles. The average molecular weight is 202 g/mol. The molecule has 0 aromatic carbocycles. The van der Waals surface area contributed by atoms with Gasteiger partial charge >= 0.3 is 6.09 Å². The zero-order valence-corrected chi connectivity index (χ0v) is 7.64. The molecular weight excluding hydrogens is 193 g/mol. The van der Waals surface area contributed by atoms with Gasteiger partial charge in [0, 0.05) is 4.88 Å². The largest absolute Gasteiger partial charge is 0.446 e. The van der Waals surface area contributed by atoms with Gasteiger partial charge in [0.15, 0.2) is 5.67 Å². The molecule has 0 fully saturated rings. The van der Waals surface area contributed by atoms with E-state index in [0.29, 0.717) is 4.88 Å². The van der Waals surface area contributed by atoms with Crippen LogP contribution in [0.1, 0.15) is 4.88 Å². The van der Waals surface area contributed by atoms with E-state index >= 15 is 0 Å². The molecule has 1 aromatic rings. The predicted octanol–water partition coefficient (Wildman–Crippen LogP) is 1.84. The van der Waals surface area contributed by atoms with Gasteiger partial charge in [0.1, 0.15) is 6.61 Å². The average Bonchev–Trinajstić information content (AvgIpc) is 2.53. The first-order valence-electron chi connectivity index (χ1n) is 3.53. The lowest BCUT2D eigenvalue weighted by atomic mass is 10.1. The number of thiophene rings is 1. The summed E-state index contributed by atoms with van der Waals surface area (Å²) in [5.74, 6) is 0. The summed E-state index contributed by atoms with van der Waals surface area (Å²) < 4.78 is 17.9. The van der Waals surface area contributed by atoms with Gasteiger partial charge in [0.2, 0.25) is 0 Å². The zero-order valence-electron chi connectivity index (χ0n) is 6.83. The van der Waals surface area contributed by atoms with Gasteiger partial charge in [-0.3, -0.25) is 0 Å². The Balaban J connectivity index is 2.61. The molecular formula is C8H9FNO2S. The molecule has 13 heavy (non-hydrogen) atoms. The van der Waals surface area contributed by atoms with E-state index in [1.54, 1.807) is 17.5 Å². The number of ether oxygens (including phenoxy) is 1. The minimum absolute atomic E-state index is 0.411. The van der Waals surface area contributed by atoms with Gasteiger partial charge in [-0.1, -0.05) is 6.07 Å². The highest BCUT2D eigenvalue weighted by atomic mass is 32.1. The summed E-state index contributed by atoms with van der Waals surface area (Å²) in [7, 11) is 0. The number of hydrogen-bond donors (Lipinski definition) is 1. The molecule has 1 unspecified atom stereocenters. The molecule has 1 rings (SSSR count). The van der Waals surface area contributed by atoms with Crippen molar-refractivity contribution in [3.63, 3.8) is 0 Å². The van der Waals surface area contributed by atoms with E-state index in [4.69, 9.17) is 5.73 Å². The second-order valence-electron chi connectivity index (χ2n) is 2.55. The van der Waals surface area contributed by atoms with E-state index in [1.807, 2.05) is 0 Å². The Hall–Kier alpha value is -1.10. The molecule has 0 bridgehead atoms. The summed E-state index contributed by atoms with van der Waals surface area (Å²) in [6, 6.07) is 3.28. The third-order valence-electron chi connectivity index (χ3n) is 1.41. The SMILES string of the molecule is [CH2]C(F)(COC(N)=O)c1cccs1.